The number of aliphatic hydroxyl groups excluding tert-OH is 1. The third kappa shape index (κ3) is 5.72. The first-order valence-corrected chi connectivity index (χ1v) is 14.3. The van der Waals surface area contributed by atoms with E-state index in [1.807, 2.05) is 6.92 Å². The van der Waals surface area contributed by atoms with E-state index < -0.39 is 24.1 Å². The number of β-lactam (4-membered cyclic amide) rings is 1. The number of hydrogen-bond donors (Lipinski definition) is 1. The maximum Gasteiger partial charge on any atom is 0.410 e. The van der Waals surface area contributed by atoms with Gasteiger partial charge in [0.25, 0.3) is 0 Å². The zero-order valence-corrected chi connectivity index (χ0v) is 23.1. The Hall–Kier alpha value is -2.56. The number of thioether (sulfide) groups is 1. The summed E-state index contributed by atoms with van der Waals surface area (Å²) in [5, 5.41) is 10.2. The van der Waals surface area contributed by atoms with Gasteiger partial charge in [0, 0.05) is 29.2 Å². The molecule has 4 aliphatic heterocycles. The van der Waals surface area contributed by atoms with E-state index in [2.05, 4.69) is 30.2 Å². The molecule has 1 N–H and O–H groups in total. The Morgan fingerprint density at radius 1 is 1.18 bits per heavy atom. The van der Waals surface area contributed by atoms with Gasteiger partial charge in [0.1, 0.15) is 18.9 Å². The Labute approximate surface area is 229 Å². The zero-order chi connectivity index (χ0) is 27.4. The summed E-state index contributed by atoms with van der Waals surface area (Å²) in [6, 6.07) is -0.424. The summed E-state index contributed by atoms with van der Waals surface area (Å²) in [5.41, 5.74) is 0.255. The highest BCUT2D eigenvalue weighted by atomic mass is 32.2. The quantitative estimate of drug-likeness (QED) is 0.240. The summed E-state index contributed by atoms with van der Waals surface area (Å²) in [6.45, 7) is 14.5. The molecule has 2 amide bonds. The van der Waals surface area contributed by atoms with Gasteiger partial charge in [0.15, 0.2) is 0 Å². The maximum absolute atomic E-state index is 13.1. The van der Waals surface area contributed by atoms with Gasteiger partial charge in [-0.2, -0.15) is 0 Å². The third-order valence-electron chi connectivity index (χ3n) is 7.71. The van der Waals surface area contributed by atoms with Gasteiger partial charge in [-0.05, 0) is 39.3 Å². The standard InChI is InChI=1S/C28H39N3O6S/c1-5-14-36-27(34)24-25(18(3)23-22(19(4)32)26(33)31(23)24)38-21-16-20(10-9-13-29-11-7-8-12-29)30(17-21)28(35)37-15-6-2/h5-6,9-10,18-23,32H,1-2,7-8,11-17H2,3-4H3/b10-9+/t18-,19-,20-,21+,22-,23-/m1/s1. The lowest BCUT2D eigenvalue weighted by molar-refractivity contribution is -0.164. The van der Waals surface area contributed by atoms with Crippen molar-refractivity contribution in [1.82, 2.24) is 14.7 Å². The highest BCUT2D eigenvalue weighted by molar-refractivity contribution is 8.03. The molecule has 0 radical (unpaired) electrons. The van der Waals surface area contributed by atoms with Gasteiger partial charge in [-0.25, -0.2) is 9.59 Å². The van der Waals surface area contributed by atoms with Gasteiger partial charge in [0.2, 0.25) is 5.91 Å². The number of hydrogen-bond acceptors (Lipinski definition) is 8. The summed E-state index contributed by atoms with van der Waals surface area (Å²) in [4.78, 5) is 45.3. The second-order valence-corrected chi connectivity index (χ2v) is 11.7. The van der Waals surface area contributed by atoms with Crippen LogP contribution >= 0.6 is 11.8 Å². The van der Waals surface area contributed by atoms with Crippen molar-refractivity contribution in [2.24, 2.45) is 11.8 Å². The first-order valence-electron chi connectivity index (χ1n) is 13.4. The van der Waals surface area contributed by atoms with Gasteiger partial charge in [-0.1, -0.05) is 44.4 Å². The zero-order valence-electron chi connectivity index (χ0n) is 22.3. The number of rotatable bonds is 11. The minimum absolute atomic E-state index is 0.00817. The summed E-state index contributed by atoms with van der Waals surface area (Å²) in [7, 11) is 0. The molecule has 0 aliphatic carbocycles. The van der Waals surface area contributed by atoms with Gasteiger partial charge < -0.3 is 24.4 Å². The molecule has 3 fully saturated rings. The van der Waals surface area contributed by atoms with Crippen molar-refractivity contribution >= 4 is 29.7 Å². The Kier molecular flexibility index (Phi) is 9.38. The van der Waals surface area contributed by atoms with Crippen molar-refractivity contribution in [1.29, 1.82) is 0 Å². The first-order chi connectivity index (χ1) is 18.3. The molecule has 0 spiro atoms. The minimum Gasteiger partial charge on any atom is -0.457 e. The van der Waals surface area contributed by atoms with Crippen molar-refractivity contribution in [3.63, 3.8) is 0 Å². The number of esters is 1. The van der Waals surface area contributed by atoms with Gasteiger partial charge >= 0.3 is 12.1 Å². The predicted octanol–water partition coefficient (Wildman–Crippen LogP) is 2.94. The molecule has 0 aromatic rings. The molecular formula is C28H39N3O6S. The fraction of sp³-hybridized carbons (Fsp3) is 0.607. The van der Waals surface area contributed by atoms with Gasteiger partial charge in [-0.3, -0.25) is 9.69 Å². The molecule has 0 aromatic heterocycles. The van der Waals surface area contributed by atoms with Crippen LogP contribution in [0.1, 0.15) is 33.1 Å². The van der Waals surface area contributed by atoms with Crippen molar-refractivity contribution in [3.8, 4) is 0 Å². The van der Waals surface area contributed by atoms with E-state index in [4.69, 9.17) is 9.47 Å². The molecule has 9 nitrogen and oxygen atoms in total. The molecule has 10 heteroatoms. The average Bonchev–Trinajstić information content (AvgIpc) is 3.60. The molecule has 0 saturated carbocycles. The van der Waals surface area contributed by atoms with E-state index >= 15 is 0 Å². The lowest BCUT2D eigenvalue weighted by Gasteiger charge is -2.46. The highest BCUT2D eigenvalue weighted by Gasteiger charge is 2.60. The number of amides is 2. The van der Waals surface area contributed by atoms with Crippen LogP contribution in [-0.2, 0) is 19.1 Å². The van der Waals surface area contributed by atoms with Gasteiger partial charge in [0.05, 0.1) is 24.1 Å². The lowest BCUT2D eigenvalue weighted by atomic mass is 9.79. The normalized spacial score (nSPS) is 30.0. The van der Waals surface area contributed by atoms with Crippen LogP contribution < -0.4 is 0 Å². The molecule has 4 rings (SSSR count). The van der Waals surface area contributed by atoms with Crippen molar-refractivity contribution < 1.29 is 29.0 Å². The number of aliphatic hydroxyl groups is 1. The Morgan fingerprint density at radius 3 is 2.53 bits per heavy atom. The second kappa shape index (κ2) is 12.5. The lowest BCUT2D eigenvalue weighted by Crippen LogP contribution is -2.63. The summed E-state index contributed by atoms with van der Waals surface area (Å²) in [6.07, 6.45) is 9.17. The van der Waals surface area contributed by atoms with Crippen molar-refractivity contribution in [2.75, 3.05) is 39.4 Å². The third-order valence-corrected chi connectivity index (χ3v) is 9.21. The molecule has 4 aliphatic rings. The van der Waals surface area contributed by atoms with Crippen LogP contribution in [0.4, 0.5) is 4.79 Å². The van der Waals surface area contributed by atoms with Crippen LogP contribution in [0.3, 0.4) is 0 Å². The van der Waals surface area contributed by atoms with E-state index in [1.54, 1.807) is 17.9 Å². The van der Waals surface area contributed by atoms with Gasteiger partial charge in [-0.15, -0.1) is 11.8 Å². The first kappa shape index (κ1) is 28.4. The number of fused-ring (bicyclic) bond motifs is 1. The summed E-state index contributed by atoms with van der Waals surface area (Å²) in [5.74, 6) is -1.53. The van der Waals surface area contributed by atoms with E-state index in [1.165, 1.54) is 35.6 Å². The topological polar surface area (TPSA) is 99.6 Å². The number of nitrogens with zero attached hydrogens (tertiary/aromatic N) is 3. The predicted molar refractivity (Wildman–Crippen MR) is 146 cm³/mol. The maximum atomic E-state index is 13.1. The number of ether oxygens (including phenoxy) is 2. The Bertz CT molecular complexity index is 1000. The van der Waals surface area contributed by atoms with Crippen molar-refractivity contribution in [2.45, 2.75) is 56.5 Å². The minimum atomic E-state index is -0.812. The van der Waals surface area contributed by atoms with Crippen LogP contribution in [0.2, 0.25) is 0 Å². The highest BCUT2D eigenvalue weighted by Crippen LogP contribution is 2.52. The van der Waals surface area contributed by atoms with Crippen LogP contribution in [0, 0.1) is 11.8 Å². The van der Waals surface area contributed by atoms with E-state index in [0.717, 1.165) is 24.5 Å². The SMILES string of the molecule is C=CCOC(=O)C1=C(S[C@H]2C[C@@H](/C=C/CN3CCCC3)N(C(=O)OCC=C)C2)[C@H](C)[C@@H]2[C@@H]([C@@H](C)O)C(=O)N12. The number of likely N-dealkylation sites (tertiary alicyclic amines) is 2. The fourth-order valence-corrected chi connectivity index (χ4v) is 7.44. The van der Waals surface area contributed by atoms with E-state index in [9.17, 15) is 19.5 Å². The fourth-order valence-electron chi connectivity index (χ4n) is 5.90. The second-order valence-electron chi connectivity index (χ2n) is 10.4. The molecule has 3 saturated heterocycles. The molecule has 6 atom stereocenters. The van der Waals surface area contributed by atoms with Crippen molar-refractivity contribution in [3.05, 3.63) is 48.1 Å². The smallest absolute Gasteiger partial charge is 0.410 e. The van der Waals surface area contributed by atoms with Crippen LogP contribution in [0.15, 0.2) is 48.1 Å². The van der Waals surface area contributed by atoms with Crippen LogP contribution in [0.5, 0.6) is 0 Å². The molecule has 0 aromatic carbocycles. The molecule has 0 bridgehead atoms. The monoisotopic (exact) mass is 545 g/mol. The average molecular weight is 546 g/mol. The summed E-state index contributed by atoms with van der Waals surface area (Å²) < 4.78 is 10.7. The number of carbonyl (C=O) groups is 3. The Morgan fingerprint density at radius 2 is 1.87 bits per heavy atom. The van der Waals surface area contributed by atoms with Crippen LogP contribution in [-0.4, -0.2) is 101 Å². The molecular weight excluding hydrogens is 506 g/mol. The van der Waals surface area contributed by atoms with E-state index in [0.29, 0.717) is 13.0 Å². The van der Waals surface area contributed by atoms with Crippen LogP contribution in [0.25, 0.3) is 0 Å². The molecule has 0 unspecified atom stereocenters. The largest absolute Gasteiger partial charge is 0.457 e. The number of carbonyl (C=O) groups excluding carboxylic acids is 3. The molecule has 208 valence electrons. The Balaban J connectivity index is 1.54. The summed E-state index contributed by atoms with van der Waals surface area (Å²) >= 11 is 1.53. The molecule has 4 heterocycles. The molecule has 38 heavy (non-hydrogen) atoms. The van der Waals surface area contributed by atoms with E-state index in [-0.39, 0.29) is 48.1 Å².